The normalized spacial score (nSPS) is 22.9. The van der Waals surface area contributed by atoms with Crippen molar-refractivity contribution < 1.29 is 9.47 Å². The molecular weight excluding hydrogens is 264 g/mol. The second-order valence-electron chi connectivity index (χ2n) is 6.73. The van der Waals surface area contributed by atoms with Crippen LogP contribution in [0.15, 0.2) is 0 Å². The van der Waals surface area contributed by atoms with E-state index < -0.39 is 0 Å². The maximum Gasteiger partial charge on any atom is 0.0700 e. The third-order valence-corrected chi connectivity index (χ3v) is 4.79. The number of methoxy groups -OCH3 is 1. The highest BCUT2D eigenvalue weighted by atomic mass is 16.5. The van der Waals surface area contributed by atoms with Gasteiger partial charge in [0.05, 0.1) is 19.8 Å². The van der Waals surface area contributed by atoms with E-state index in [4.69, 9.17) is 9.47 Å². The average Bonchev–Trinajstić information content (AvgIpc) is 2.48. The molecule has 1 rings (SSSR count). The van der Waals surface area contributed by atoms with E-state index in [-0.39, 0.29) is 0 Å². The molecular formula is C17H36N2O2. The summed E-state index contributed by atoms with van der Waals surface area (Å²) < 4.78 is 10.7. The Hall–Kier alpha value is -0.160. The maximum atomic E-state index is 5.68. The van der Waals surface area contributed by atoms with Crippen molar-refractivity contribution in [2.45, 2.75) is 58.5 Å². The first-order valence-electron chi connectivity index (χ1n) is 8.62. The van der Waals surface area contributed by atoms with E-state index in [2.05, 4.69) is 37.9 Å². The molecule has 4 nitrogen and oxygen atoms in total. The average molecular weight is 300 g/mol. The van der Waals surface area contributed by atoms with Gasteiger partial charge < -0.3 is 14.8 Å². The van der Waals surface area contributed by atoms with Crippen LogP contribution in [-0.2, 0) is 9.47 Å². The van der Waals surface area contributed by atoms with Crippen LogP contribution in [0.4, 0.5) is 0 Å². The highest BCUT2D eigenvalue weighted by Crippen LogP contribution is 2.25. The maximum absolute atomic E-state index is 5.68. The zero-order valence-electron chi connectivity index (χ0n) is 14.8. The van der Waals surface area contributed by atoms with Crippen molar-refractivity contribution in [3.8, 4) is 0 Å². The van der Waals surface area contributed by atoms with Crippen molar-refractivity contribution in [2.24, 2.45) is 5.92 Å². The molecule has 0 spiro atoms. The Balaban J connectivity index is 2.52. The van der Waals surface area contributed by atoms with Crippen LogP contribution in [0.5, 0.6) is 0 Å². The molecule has 0 aliphatic carbocycles. The Kier molecular flexibility index (Phi) is 8.79. The first-order chi connectivity index (χ1) is 10.1. The van der Waals surface area contributed by atoms with Crippen LogP contribution < -0.4 is 5.32 Å². The fourth-order valence-corrected chi connectivity index (χ4v) is 3.23. The van der Waals surface area contributed by atoms with Gasteiger partial charge in [0.1, 0.15) is 0 Å². The quantitative estimate of drug-likeness (QED) is 0.629. The molecule has 1 unspecified atom stereocenters. The molecule has 4 heteroatoms. The standard InChI is InChI=1S/C17H36N2O2/c1-6-17(7-2)14-19(8-9-21-11-10-20-5)16(13-18-17)12-15(3)4/h15-16,18H,6-14H2,1-5H3. The third-order valence-electron chi connectivity index (χ3n) is 4.79. The van der Waals surface area contributed by atoms with Crippen molar-refractivity contribution in [3.05, 3.63) is 0 Å². The molecule has 1 heterocycles. The van der Waals surface area contributed by atoms with Crippen LogP contribution in [0.1, 0.15) is 47.0 Å². The summed E-state index contributed by atoms with van der Waals surface area (Å²) in [4.78, 5) is 2.65. The molecule has 0 saturated carbocycles. The summed E-state index contributed by atoms with van der Waals surface area (Å²) in [6.45, 7) is 14.7. The minimum Gasteiger partial charge on any atom is -0.382 e. The molecule has 1 aliphatic heterocycles. The molecule has 1 saturated heterocycles. The van der Waals surface area contributed by atoms with Crippen molar-refractivity contribution in [3.63, 3.8) is 0 Å². The Morgan fingerprint density at radius 3 is 2.48 bits per heavy atom. The summed E-state index contributed by atoms with van der Waals surface area (Å²) in [7, 11) is 1.72. The third kappa shape index (κ3) is 6.23. The number of nitrogens with one attached hydrogen (secondary N) is 1. The van der Waals surface area contributed by atoms with Crippen molar-refractivity contribution in [1.29, 1.82) is 0 Å². The smallest absolute Gasteiger partial charge is 0.0700 e. The predicted molar refractivity (Wildman–Crippen MR) is 88.8 cm³/mol. The highest BCUT2D eigenvalue weighted by molar-refractivity contribution is 4.96. The number of hydrogen-bond acceptors (Lipinski definition) is 4. The lowest BCUT2D eigenvalue weighted by molar-refractivity contribution is 0.0180. The van der Waals surface area contributed by atoms with Gasteiger partial charge in [0.2, 0.25) is 0 Å². The van der Waals surface area contributed by atoms with Crippen LogP contribution in [0.3, 0.4) is 0 Å². The van der Waals surface area contributed by atoms with Gasteiger partial charge >= 0.3 is 0 Å². The van der Waals surface area contributed by atoms with Crippen LogP contribution >= 0.6 is 0 Å². The second-order valence-corrected chi connectivity index (χ2v) is 6.73. The van der Waals surface area contributed by atoms with Crippen molar-refractivity contribution in [1.82, 2.24) is 10.2 Å². The Morgan fingerprint density at radius 2 is 1.90 bits per heavy atom. The number of piperazine rings is 1. The van der Waals surface area contributed by atoms with Gasteiger partial charge in [-0.3, -0.25) is 4.90 Å². The van der Waals surface area contributed by atoms with E-state index >= 15 is 0 Å². The molecule has 0 radical (unpaired) electrons. The Labute approximate surface area is 131 Å². The van der Waals surface area contributed by atoms with E-state index in [1.807, 2.05) is 0 Å². The molecule has 0 aromatic carbocycles. The number of hydrogen-bond donors (Lipinski definition) is 1. The summed E-state index contributed by atoms with van der Waals surface area (Å²) in [6, 6.07) is 0.641. The van der Waals surface area contributed by atoms with Crippen LogP contribution in [0.25, 0.3) is 0 Å². The summed E-state index contributed by atoms with van der Waals surface area (Å²) in [5.41, 5.74) is 0.292. The van der Waals surface area contributed by atoms with Crippen LogP contribution in [0, 0.1) is 5.92 Å². The number of rotatable bonds is 10. The van der Waals surface area contributed by atoms with Crippen LogP contribution in [0.2, 0.25) is 0 Å². The van der Waals surface area contributed by atoms with E-state index in [1.165, 1.54) is 19.3 Å². The van der Waals surface area contributed by atoms with Gasteiger partial charge in [-0.2, -0.15) is 0 Å². The van der Waals surface area contributed by atoms with Crippen molar-refractivity contribution >= 4 is 0 Å². The SMILES string of the molecule is CCC1(CC)CN(CCOCCOC)C(CC(C)C)CN1. The molecule has 21 heavy (non-hydrogen) atoms. The largest absolute Gasteiger partial charge is 0.382 e. The zero-order chi connectivity index (χ0) is 15.7. The van der Waals surface area contributed by atoms with Gasteiger partial charge in [-0.1, -0.05) is 27.7 Å². The highest BCUT2D eigenvalue weighted by Gasteiger charge is 2.36. The number of ether oxygens (including phenoxy) is 2. The molecule has 0 aromatic heterocycles. The topological polar surface area (TPSA) is 33.7 Å². The monoisotopic (exact) mass is 300 g/mol. The first kappa shape index (κ1) is 18.9. The van der Waals surface area contributed by atoms with Gasteiger partial charge in [-0.05, 0) is 25.2 Å². The fourth-order valence-electron chi connectivity index (χ4n) is 3.23. The lowest BCUT2D eigenvalue weighted by Gasteiger charge is -2.48. The van der Waals surface area contributed by atoms with E-state index in [0.717, 1.165) is 32.2 Å². The van der Waals surface area contributed by atoms with Gasteiger partial charge in [0, 0.05) is 38.3 Å². The predicted octanol–water partition coefficient (Wildman–Crippen LogP) is 2.53. The van der Waals surface area contributed by atoms with Crippen LogP contribution in [-0.4, -0.2) is 63.0 Å². The van der Waals surface area contributed by atoms with Gasteiger partial charge in [-0.25, -0.2) is 0 Å². The first-order valence-corrected chi connectivity index (χ1v) is 8.62. The Morgan fingerprint density at radius 1 is 1.19 bits per heavy atom. The summed E-state index contributed by atoms with van der Waals surface area (Å²) >= 11 is 0. The fraction of sp³-hybridized carbons (Fsp3) is 1.00. The molecule has 0 bridgehead atoms. The molecule has 0 aromatic rings. The van der Waals surface area contributed by atoms with E-state index in [1.54, 1.807) is 7.11 Å². The van der Waals surface area contributed by atoms with E-state index in [0.29, 0.717) is 24.8 Å². The molecule has 0 amide bonds. The van der Waals surface area contributed by atoms with E-state index in [9.17, 15) is 0 Å². The zero-order valence-corrected chi connectivity index (χ0v) is 14.8. The van der Waals surface area contributed by atoms with Crippen molar-refractivity contribution in [2.75, 3.05) is 46.6 Å². The lowest BCUT2D eigenvalue weighted by Crippen LogP contribution is -2.64. The summed E-state index contributed by atoms with van der Waals surface area (Å²) in [5, 5.41) is 3.83. The molecule has 1 atom stereocenters. The molecule has 1 fully saturated rings. The van der Waals surface area contributed by atoms with Gasteiger partial charge in [0.25, 0.3) is 0 Å². The lowest BCUT2D eigenvalue weighted by atomic mass is 9.87. The summed E-state index contributed by atoms with van der Waals surface area (Å²) in [6.07, 6.45) is 3.65. The Bertz CT molecular complexity index is 268. The minimum atomic E-state index is 0.292. The molecule has 126 valence electrons. The number of nitrogens with zero attached hydrogens (tertiary/aromatic N) is 1. The second kappa shape index (κ2) is 9.78. The van der Waals surface area contributed by atoms with Gasteiger partial charge in [0.15, 0.2) is 0 Å². The minimum absolute atomic E-state index is 0.292. The summed E-state index contributed by atoms with van der Waals surface area (Å²) in [5.74, 6) is 0.740. The molecule has 1 aliphatic rings. The van der Waals surface area contributed by atoms with Gasteiger partial charge in [-0.15, -0.1) is 0 Å². The molecule has 1 N–H and O–H groups in total.